The van der Waals surface area contributed by atoms with Crippen LogP contribution < -0.4 is 11.1 Å². The van der Waals surface area contributed by atoms with Crippen LogP contribution in [0, 0.1) is 0 Å². The molecule has 0 saturated heterocycles. The minimum Gasteiger partial charge on any atom is -0.324 e. The summed E-state index contributed by atoms with van der Waals surface area (Å²) in [6, 6.07) is 12.1. The first-order valence-electron chi connectivity index (χ1n) is 7.42. The molecule has 22 heavy (non-hydrogen) atoms. The van der Waals surface area contributed by atoms with E-state index in [4.69, 9.17) is 5.73 Å². The van der Waals surface area contributed by atoms with Crippen molar-refractivity contribution in [3.63, 3.8) is 0 Å². The highest BCUT2D eigenvalue weighted by molar-refractivity contribution is 7.13. The molecule has 1 saturated carbocycles. The number of carbonyl (C=O) groups is 1. The Labute approximate surface area is 141 Å². The number of hydrogen-bond donors (Lipinski definition) is 2. The fourth-order valence-electron chi connectivity index (χ4n) is 2.86. The number of hydrogen-bond acceptors (Lipinski definition) is 3. The third-order valence-corrected chi connectivity index (χ3v) is 5.04. The van der Waals surface area contributed by atoms with Crippen LogP contribution in [0.15, 0.2) is 41.8 Å². The zero-order chi connectivity index (χ0) is 14.7. The summed E-state index contributed by atoms with van der Waals surface area (Å²) in [7, 11) is 0. The molecule has 5 heteroatoms. The summed E-state index contributed by atoms with van der Waals surface area (Å²) in [6.07, 6.45) is 4.82. The maximum Gasteiger partial charge on any atom is 0.244 e. The van der Waals surface area contributed by atoms with E-state index in [-0.39, 0.29) is 18.3 Å². The molecule has 3 rings (SSSR count). The van der Waals surface area contributed by atoms with Crippen LogP contribution in [0.25, 0.3) is 10.4 Å². The van der Waals surface area contributed by atoms with Crippen molar-refractivity contribution < 1.29 is 4.79 Å². The number of carbonyl (C=O) groups excluding carboxylic acids is 1. The standard InChI is InChI=1S/C17H20N2OS.ClH/c18-17(9-2-1-3-10-17)16(20)19-14-7-4-6-13(12-14)15-8-5-11-21-15;/h4-8,11-12H,1-3,9-10,18H2,(H,19,20);1H. The molecule has 0 spiro atoms. The first-order valence-corrected chi connectivity index (χ1v) is 8.30. The van der Waals surface area contributed by atoms with Gasteiger partial charge in [-0.3, -0.25) is 4.79 Å². The van der Waals surface area contributed by atoms with Gasteiger partial charge in [-0.1, -0.05) is 37.5 Å². The van der Waals surface area contributed by atoms with Crippen molar-refractivity contribution in [3.05, 3.63) is 41.8 Å². The van der Waals surface area contributed by atoms with Crippen LogP contribution >= 0.6 is 23.7 Å². The second-order valence-electron chi connectivity index (χ2n) is 5.73. The molecule has 0 radical (unpaired) electrons. The highest BCUT2D eigenvalue weighted by Crippen LogP contribution is 2.29. The van der Waals surface area contributed by atoms with E-state index in [1.165, 1.54) is 11.3 Å². The van der Waals surface area contributed by atoms with Gasteiger partial charge in [0.2, 0.25) is 5.91 Å². The van der Waals surface area contributed by atoms with Gasteiger partial charge in [-0.15, -0.1) is 23.7 Å². The lowest BCUT2D eigenvalue weighted by Crippen LogP contribution is -2.52. The molecule has 0 atom stereocenters. The number of benzene rings is 1. The van der Waals surface area contributed by atoms with Crippen LogP contribution in [-0.2, 0) is 4.79 Å². The van der Waals surface area contributed by atoms with Gasteiger partial charge in [0.1, 0.15) is 0 Å². The number of nitrogens with one attached hydrogen (secondary N) is 1. The molecule has 1 aromatic carbocycles. The zero-order valence-electron chi connectivity index (χ0n) is 12.4. The monoisotopic (exact) mass is 336 g/mol. The maximum absolute atomic E-state index is 12.5. The Balaban J connectivity index is 0.00000176. The summed E-state index contributed by atoms with van der Waals surface area (Å²) in [5, 5.41) is 5.05. The predicted molar refractivity (Wildman–Crippen MR) is 95.6 cm³/mol. The van der Waals surface area contributed by atoms with Gasteiger partial charge in [0.25, 0.3) is 0 Å². The SMILES string of the molecule is Cl.NC1(C(=O)Nc2cccc(-c3cccs3)c2)CCCCC1. The largest absolute Gasteiger partial charge is 0.324 e. The van der Waals surface area contributed by atoms with Crippen LogP contribution in [-0.4, -0.2) is 11.4 Å². The van der Waals surface area contributed by atoms with Crippen molar-refractivity contribution in [2.24, 2.45) is 5.73 Å². The van der Waals surface area contributed by atoms with Gasteiger partial charge in [-0.05, 0) is 42.0 Å². The van der Waals surface area contributed by atoms with E-state index < -0.39 is 5.54 Å². The minimum absolute atomic E-state index is 0. The highest BCUT2D eigenvalue weighted by atomic mass is 35.5. The van der Waals surface area contributed by atoms with Gasteiger partial charge < -0.3 is 11.1 Å². The lowest BCUT2D eigenvalue weighted by molar-refractivity contribution is -0.122. The number of halogens is 1. The molecule has 1 fully saturated rings. The van der Waals surface area contributed by atoms with Crippen molar-refractivity contribution >= 4 is 35.3 Å². The Morgan fingerprint density at radius 3 is 2.59 bits per heavy atom. The Bertz CT molecular complexity index is 621. The van der Waals surface area contributed by atoms with Crippen molar-refractivity contribution in [1.82, 2.24) is 0 Å². The molecule has 0 bridgehead atoms. The van der Waals surface area contributed by atoms with Crippen molar-refractivity contribution in [1.29, 1.82) is 0 Å². The van der Waals surface area contributed by atoms with Crippen molar-refractivity contribution in [2.75, 3.05) is 5.32 Å². The molecule has 0 aliphatic heterocycles. The second-order valence-corrected chi connectivity index (χ2v) is 6.68. The molecule has 1 aromatic heterocycles. The van der Waals surface area contributed by atoms with E-state index in [0.29, 0.717) is 0 Å². The van der Waals surface area contributed by atoms with Crippen LogP contribution in [0.1, 0.15) is 32.1 Å². The van der Waals surface area contributed by atoms with E-state index in [0.717, 1.165) is 36.9 Å². The second kappa shape index (κ2) is 7.27. The van der Waals surface area contributed by atoms with Gasteiger partial charge in [-0.25, -0.2) is 0 Å². The van der Waals surface area contributed by atoms with Crippen molar-refractivity contribution in [3.8, 4) is 10.4 Å². The fraction of sp³-hybridized carbons (Fsp3) is 0.353. The van der Waals surface area contributed by atoms with Gasteiger partial charge >= 0.3 is 0 Å². The lowest BCUT2D eigenvalue weighted by Gasteiger charge is -2.31. The van der Waals surface area contributed by atoms with Crippen LogP contribution in [0.3, 0.4) is 0 Å². The zero-order valence-corrected chi connectivity index (χ0v) is 14.0. The fourth-order valence-corrected chi connectivity index (χ4v) is 3.58. The molecule has 0 unspecified atom stereocenters. The molecule has 2 aromatic rings. The predicted octanol–water partition coefficient (Wildman–Crippen LogP) is 4.44. The smallest absolute Gasteiger partial charge is 0.244 e. The Morgan fingerprint density at radius 2 is 1.91 bits per heavy atom. The molecule has 1 aliphatic carbocycles. The summed E-state index contributed by atoms with van der Waals surface area (Å²) in [5.41, 5.74) is 7.52. The molecular weight excluding hydrogens is 316 g/mol. The average Bonchev–Trinajstić information content (AvgIpc) is 3.02. The number of amides is 1. The first kappa shape index (κ1) is 17.0. The van der Waals surface area contributed by atoms with E-state index in [1.54, 1.807) is 11.3 Å². The topological polar surface area (TPSA) is 55.1 Å². The van der Waals surface area contributed by atoms with Crippen LogP contribution in [0.5, 0.6) is 0 Å². The van der Waals surface area contributed by atoms with Crippen LogP contribution in [0.4, 0.5) is 5.69 Å². The van der Waals surface area contributed by atoms with E-state index in [9.17, 15) is 4.79 Å². The summed E-state index contributed by atoms with van der Waals surface area (Å²) in [4.78, 5) is 13.7. The summed E-state index contributed by atoms with van der Waals surface area (Å²) >= 11 is 1.69. The third-order valence-electron chi connectivity index (χ3n) is 4.12. The Hall–Kier alpha value is -1.36. The molecule has 1 aliphatic rings. The molecule has 1 heterocycles. The van der Waals surface area contributed by atoms with Gasteiger partial charge in [0.05, 0.1) is 5.54 Å². The molecule has 3 nitrogen and oxygen atoms in total. The number of rotatable bonds is 3. The molecule has 1 amide bonds. The summed E-state index contributed by atoms with van der Waals surface area (Å²) in [5.74, 6) is -0.0504. The van der Waals surface area contributed by atoms with Crippen molar-refractivity contribution in [2.45, 2.75) is 37.6 Å². The highest BCUT2D eigenvalue weighted by Gasteiger charge is 2.35. The van der Waals surface area contributed by atoms with Crippen LogP contribution in [0.2, 0.25) is 0 Å². The van der Waals surface area contributed by atoms with Gasteiger partial charge in [-0.2, -0.15) is 0 Å². The lowest BCUT2D eigenvalue weighted by atomic mass is 9.82. The number of thiophene rings is 1. The quantitative estimate of drug-likeness (QED) is 0.870. The molecular formula is C17H21ClN2OS. The minimum atomic E-state index is -0.697. The third kappa shape index (κ3) is 3.69. The molecule has 118 valence electrons. The summed E-state index contributed by atoms with van der Waals surface area (Å²) in [6.45, 7) is 0. The Morgan fingerprint density at radius 1 is 1.14 bits per heavy atom. The number of nitrogens with two attached hydrogens (primary N) is 1. The average molecular weight is 337 g/mol. The van der Waals surface area contributed by atoms with E-state index >= 15 is 0 Å². The van der Waals surface area contributed by atoms with E-state index in [1.807, 2.05) is 24.3 Å². The van der Waals surface area contributed by atoms with E-state index in [2.05, 4.69) is 22.8 Å². The summed E-state index contributed by atoms with van der Waals surface area (Å²) < 4.78 is 0. The van der Waals surface area contributed by atoms with Gasteiger partial charge in [0.15, 0.2) is 0 Å². The maximum atomic E-state index is 12.5. The first-order chi connectivity index (χ1) is 10.2. The van der Waals surface area contributed by atoms with Gasteiger partial charge in [0, 0.05) is 10.6 Å². The molecule has 3 N–H and O–H groups in total. The number of anilines is 1. The Kier molecular flexibility index (Phi) is 5.62. The normalized spacial score (nSPS) is 16.6.